The maximum Gasteiger partial charge on any atom is 0.164 e. The molecule has 19 heavy (non-hydrogen) atoms. The first-order valence-electron chi connectivity index (χ1n) is 5.95. The van der Waals surface area contributed by atoms with Gasteiger partial charge >= 0.3 is 0 Å². The van der Waals surface area contributed by atoms with Crippen molar-refractivity contribution in [2.45, 2.75) is 32.9 Å². The van der Waals surface area contributed by atoms with Crippen molar-refractivity contribution in [1.29, 1.82) is 0 Å². The van der Waals surface area contributed by atoms with Crippen LogP contribution in [0.1, 0.15) is 26.6 Å². The Kier molecular flexibility index (Phi) is 3.99. The summed E-state index contributed by atoms with van der Waals surface area (Å²) in [6.07, 6.45) is 0. The Morgan fingerprint density at radius 1 is 1.32 bits per heavy atom. The second kappa shape index (κ2) is 5.23. The molecule has 1 heterocycles. The second-order valence-electron chi connectivity index (χ2n) is 5.28. The summed E-state index contributed by atoms with van der Waals surface area (Å²) in [4.78, 5) is 0. The third-order valence-corrected chi connectivity index (χ3v) is 3.99. The summed E-state index contributed by atoms with van der Waals surface area (Å²) in [7, 11) is 0. The standard InChI is InChI=1S/C13H16BrClN4/c1-13(2,3)19-11(7-16)17-18-12(19)8-4-5-9(14)10(15)6-8/h4-6H,7,16H2,1-3H3. The van der Waals surface area contributed by atoms with Crippen LogP contribution >= 0.6 is 27.5 Å². The fraction of sp³-hybridized carbons (Fsp3) is 0.385. The van der Waals surface area contributed by atoms with Crippen molar-refractivity contribution in [2.75, 3.05) is 0 Å². The summed E-state index contributed by atoms with van der Waals surface area (Å²) < 4.78 is 2.91. The second-order valence-corrected chi connectivity index (χ2v) is 6.54. The Balaban J connectivity index is 2.62. The zero-order chi connectivity index (χ0) is 14.2. The summed E-state index contributed by atoms with van der Waals surface area (Å²) in [5.41, 5.74) is 6.52. The number of nitrogens with zero attached hydrogens (tertiary/aromatic N) is 3. The number of benzene rings is 1. The molecule has 0 aliphatic rings. The molecular formula is C13H16BrClN4. The van der Waals surface area contributed by atoms with Gasteiger partial charge in [-0.25, -0.2) is 0 Å². The fourth-order valence-electron chi connectivity index (χ4n) is 1.98. The molecule has 2 aromatic rings. The molecule has 0 aliphatic heterocycles. The van der Waals surface area contributed by atoms with E-state index in [9.17, 15) is 0 Å². The van der Waals surface area contributed by atoms with E-state index >= 15 is 0 Å². The molecule has 1 aromatic heterocycles. The zero-order valence-corrected chi connectivity index (χ0v) is 13.5. The fourth-order valence-corrected chi connectivity index (χ4v) is 2.40. The van der Waals surface area contributed by atoms with Crippen molar-refractivity contribution in [3.8, 4) is 11.4 Å². The molecule has 2 rings (SSSR count). The first-order chi connectivity index (χ1) is 8.84. The molecule has 0 saturated heterocycles. The molecule has 0 saturated carbocycles. The van der Waals surface area contributed by atoms with E-state index in [1.54, 1.807) is 0 Å². The van der Waals surface area contributed by atoms with Gasteiger partial charge in [0.05, 0.1) is 11.6 Å². The van der Waals surface area contributed by atoms with Crippen molar-refractivity contribution >= 4 is 27.5 Å². The lowest BCUT2D eigenvalue weighted by molar-refractivity contribution is 0.386. The summed E-state index contributed by atoms with van der Waals surface area (Å²) in [6, 6.07) is 5.74. The Morgan fingerprint density at radius 3 is 2.53 bits per heavy atom. The average Bonchev–Trinajstić information content (AvgIpc) is 2.76. The molecule has 0 unspecified atom stereocenters. The van der Waals surface area contributed by atoms with E-state index in [-0.39, 0.29) is 5.54 Å². The highest BCUT2D eigenvalue weighted by molar-refractivity contribution is 9.10. The van der Waals surface area contributed by atoms with Crippen molar-refractivity contribution in [3.05, 3.63) is 33.5 Å². The number of hydrogen-bond acceptors (Lipinski definition) is 3. The number of hydrogen-bond donors (Lipinski definition) is 1. The van der Waals surface area contributed by atoms with Crippen molar-refractivity contribution < 1.29 is 0 Å². The van der Waals surface area contributed by atoms with Crippen LogP contribution in [-0.4, -0.2) is 14.8 Å². The topological polar surface area (TPSA) is 56.7 Å². The maximum absolute atomic E-state index is 6.14. The molecule has 0 spiro atoms. The maximum atomic E-state index is 6.14. The molecular weight excluding hydrogens is 328 g/mol. The zero-order valence-electron chi connectivity index (χ0n) is 11.1. The van der Waals surface area contributed by atoms with Gasteiger partial charge < -0.3 is 10.3 Å². The van der Waals surface area contributed by atoms with Gasteiger partial charge in [-0.05, 0) is 54.9 Å². The smallest absolute Gasteiger partial charge is 0.164 e. The van der Waals surface area contributed by atoms with Gasteiger partial charge in [0.2, 0.25) is 0 Å². The van der Waals surface area contributed by atoms with Gasteiger partial charge in [0, 0.05) is 15.6 Å². The molecule has 1 aromatic carbocycles. The predicted octanol–water partition coefficient (Wildman–Crippen LogP) is 3.57. The number of halogens is 2. The summed E-state index contributed by atoms with van der Waals surface area (Å²) in [5, 5.41) is 9.06. The van der Waals surface area contributed by atoms with Gasteiger partial charge in [-0.1, -0.05) is 11.6 Å². The first kappa shape index (κ1) is 14.5. The quantitative estimate of drug-likeness (QED) is 0.907. The highest BCUT2D eigenvalue weighted by Gasteiger charge is 2.23. The summed E-state index contributed by atoms with van der Waals surface area (Å²) in [5.74, 6) is 1.55. The van der Waals surface area contributed by atoms with E-state index in [2.05, 4.69) is 46.9 Å². The molecule has 0 amide bonds. The van der Waals surface area contributed by atoms with Crippen molar-refractivity contribution in [1.82, 2.24) is 14.8 Å². The molecule has 0 atom stereocenters. The van der Waals surface area contributed by atoms with Crippen LogP contribution in [0.5, 0.6) is 0 Å². The third-order valence-electron chi connectivity index (χ3n) is 2.76. The Bertz CT molecular complexity index is 601. The van der Waals surface area contributed by atoms with Crippen LogP contribution in [0, 0.1) is 0 Å². The van der Waals surface area contributed by atoms with Crippen LogP contribution in [0.3, 0.4) is 0 Å². The van der Waals surface area contributed by atoms with Gasteiger partial charge in [0.15, 0.2) is 5.82 Å². The van der Waals surface area contributed by atoms with Crippen LogP contribution in [0.15, 0.2) is 22.7 Å². The van der Waals surface area contributed by atoms with E-state index < -0.39 is 0 Å². The van der Waals surface area contributed by atoms with Crippen molar-refractivity contribution in [3.63, 3.8) is 0 Å². The van der Waals surface area contributed by atoms with Crippen LogP contribution in [0.2, 0.25) is 5.02 Å². The largest absolute Gasteiger partial charge is 0.324 e. The van der Waals surface area contributed by atoms with Crippen LogP contribution < -0.4 is 5.73 Å². The molecule has 0 bridgehead atoms. The van der Waals surface area contributed by atoms with E-state index in [0.717, 1.165) is 21.7 Å². The van der Waals surface area contributed by atoms with Crippen LogP contribution in [0.4, 0.5) is 0 Å². The van der Waals surface area contributed by atoms with Gasteiger partial charge in [-0.2, -0.15) is 0 Å². The van der Waals surface area contributed by atoms with Gasteiger partial charge in [0.1, 0.15) is 5.82 Å². The van der Waals surface area contributed by atoms with Gasteiger partial charge in [-0.15, -0.1) is 10.2 Å². The van der Waals surface area contributed by atoms with Crippen molar-refractivity contribution in [2.24, 2.45) is 5.73 Å². The van der Waals surface area contributed by atoms with E-state index in [1.807, 2.05) is 22.8 Å². The summed E-state index contributed by atoms with van der Waals surface area (Å²) >= 11 is 9.53. The van der Waals surface area contributed by atoms with E-state index in [0.29, 0.717) is 11.6 Å². The highest BCUT2D eigenvalue weighted by atomic mass is 79.9. The molecule has 0 radical (unpaired) electrons. The molecule has 102 valence electrons. The number of nitrogens with two attached hydrogens (primary N) is 1. The lowest BCUT2D eigenvalue weighted by atomic mass is 10.1. The molecule has 4 nitrogen and oxygen atoms in total. The number of rotatable bonds is 2. The van der Waals surface area contributed by atoms with E-state index in [4.69, 9.17) is 17.3 Å². The Morgan fingerprint density at radius 2 is 2.00 bits per heavy atom. The lowest BCUT2D eigenvalue weighted by Gasteiger charge is -2.24. The molecule has 0 aliphatic carbocycles. The minimum Gasteiger partial charge on any atom is -0.324 e. The van der Waals surface area contributed by atoms with Crippen LogP contribution in [0.25, 0.3) is 11.4 Å². The minimum atomic E-state index is -0.146. The first-order valence-corrected chi connectivity index (χ1v) is 7.12. The molecule has 0 fully saturated rings. The Labute approximate surface area is 126 Å². The SMILES string of the molecule is CC(C)(C)n1c(CN)nnc1-c1ccc(Br)c(Cl)c1. The van der Waals surface area contributed by atoms with Gasteiger partial charge in [0.25, 0.3) is 0 Å². The average molecular weight is 344 g/mol. The summed E-state index contributed by atoms with van der Waals surface area (Å²) in [6.45, 7) is 6.65. The molecule has 2 N–H and O–H groups in total. The minimum absolute atomic E-state index is 0.146. The van der Waals surface area contributed by atoms with Crippen LogP contribution in [-0.2, 0) is 12.1 Å². The van der Waals surface area contributed by atoms with Gasteiger partial charge in [-0.3, -0.25) is 0 Å². The monoisotopic (exact) mass is 342 g/mol. The number of aromatic nitrogens is 3. The highest BCUT2D eigenvalue weighted by Crippen LogP contribution is 2.30. The molecule has 6 heteroatoms. The van der Waals surface area contributed by atoms with E-state index in [1.165, 1.54) is 0 Å². The normalized spacial score (nSPS) is 11.9. The predicted molar refractivity (Wildman–Crippen MR) is 81.1 cm³/mol. The Hall–Kier alpha value is -0.910. The third kappa shape index (κ3) is 2.83. The lowest BCUT2D eigenvalue weighted by Crippen LogP contribution is -2.26.